The molecule has 4 rings (SSSR count). The van der Waals surface area contributed by atoms with Gasteiger partial charge in [-0.05, 0) is 35.9 Å². The van der Waals surface area contributed by atoms with Gasteiger partial charge in [0.05, 0.1) is 17.8 Å². The molecule has 26 heavy (non-hydrogen) atoms. The molecule has 0 bridgehead atoms. The zero-order valence-corrected chi connectivity index (χ0v) is 14.7. The fourth-order valence-corrected chi connectivity index (χ4v) is 3.22. The number of rotatable bonds is 5. The predicted octanol–water partition coefficient (Wildman–Crippen LogP) is 5.21. The Morgan fingerprint density at radius 1 is 0.962 bits per heavy atom. The van der Waals surface area contributed by atoms with Crippen LogP contribution in [-0.2, 0) is 4.74 Å². The first-order valence-corrected chi connectivity index (χ1v) is 8.63. The van der Waals surface area contributed by atoms with Gasteiger partial charge in [-0.2, -0.15) is 0 Å². The van der Waals surface area contributed by atoms with Crippen LogP contribution in [0.5, 0.6) is 0 Å². The van der Waals surface area contributed by atoms with Crippen molar-refractivity contribution in [3.8, 4) is 5.82 Å². The third kappa shape index (κ3) is 3.17. The highest BCUT2D eigenvalue weighted by molar-refractivity contribution is 5.91. The minimum absolute atomic E-state index is 0.526. The van der Waals surface area contributed by atoms with Crippen LogP contribution in [0.4, 0.5) is 0 Å². The molecule has 0 atom stereocenters. The summed E-state index contributed by atoms with van der Waals surface area (Å²) in [7, 11) is 1.73. The highest BCUT2D eigenvalue weighted by atomic mass is 16.5. The first-order valence-electron chi connectivity index (χ1n) is 8.63. The summed E-state index contributed by atoms with van der Waals surface area (Å²) in [6, 6.07) is 26.9. The Morgan fingerprint density at radius 3 is 2.50 bits per heavy atom. The minimum Gasteiger partial charge on any atom is -0.380 e. The summed E-state index contributed by atoms with van der Waals surface area (Å²) in [5.41, 5.74) is 4.49. The molecule has 3 nitrogen and oxygen atoms in total. The Bertz CT molecular complexity index is 1030. The lowest BCUT2D eigenvalue weighted by molar-refractivity contribution is 0.240. The Kier molecular flexibility index (Phi) is 4.63. The quantitative estimate of drug-likeness (QED) is 0.498. The average Bonchev–Trinajstić information content (AvgIpc) is 3.08. The number of methoxy groups -OCH3 is 1. The normalized spacial score (nSPS) is 11.8. The van der Waals surface area contributed by atoms with Crippen LogP contribution in [0.15, 0.2) is 85.1 Å². The molecule has 0 aliphatic carbocycles. The van der Waals surface area contributed by atoms with Gasteiger partial charge in [0.15, 0.2) is 0 Å². The average molecular weight is 340 g/mol. The van der Waals surface area contributed by atoms with Gasteiger partial charge in [0.25, 0.3) is 0 Å². The number of aromatic nitrogens is 2. The van der Waals surface area contributed by atoms with E-state index in [1.54, 1.807) is 7.11 Å². The van der Waals surface area contributed by atoms with E-state index in [2.05, 4.69) is 58.1 Å². The molecule has 4 aromatic rings. The molecule has 0 saturated heterocycles. The molecule has 3 heteroatoms. The van der Waals surface area contributed by atoms with E-state index in [1.807, 2.05) is 42.6 Å². The van der Waals surface area contributed by atoms with Crippen molar-refractivity contribution >= 4 is 22.6 Å². The number of fused-ring (bicyclic) bond motifs is 1. The summed E-state index contributed by atoms with van der Waals surface area (Å²) in [6.45, 7) is 0.526. The Labute approximate surface area is 153 Å². The summed E-state index contributed by atoms with van der Waals surface area (Å²) in [6.07, 6.45) is 4.00. The highest BCUT2D eigenvalue weighted by Crippen LogP contribution is 2.29. The fraction of sp³-hybridized carbons (Fsp3) is 0.0870. The van der Waals surface area contributed by atoms with E-state index in [0.717, 1.165) is 28.2 Å². The van der Waals surface area contributed by atoms with Gasteiger partial charge in [-0.1, -0.05) is 54.6 Å². The maximum atomic E-state index is 5.52. The lowest BCUT2D eigenvalue weighted by Gasteiger charge is -2.13. The number of para-hydroxylation sites is 1. The van der Waals surface area contributed by atoms with Crippen molar-refractivity contribution in [2.24, 2.45) is 0 Å². The zero-order valence-electron chi connectivity index (χ0n) is 14.7. The molecule has 0 radical (unpaired) electrons. The standard InChI is InChI=1S/C23H20N2O/c1-26-17-20(15-18-9-3-2-4-10-18)22-16-19-11-5-6-12-21(19)25(22)23-13-7-8-14-24-23/h2-16H,17H2,1H3/b20-15-. The number of nitrogens with zero attached hydrogens (tertiary/aromatic N) is 2. The number of ether oxygens (including phenoxy) is 1. The Hall–Kier alpha value is -3.17. The molecule has 2 heterocycles. The van der Waals surface area contributed by atoms with Crippen LogP contribution in [0.3, 0.4) is 0 Å². The lowest BCUT2D eigenvalue weighted by Crippen LogP contribution is -2.04. The van der Waals surface area contributed by atoms with Crippen molar-refractivity contribution in [2.45, 2.75) is 0 Å². The largest absolute Gasteiger partial charge is 0.380 e. The molecular formula is C23H20N2O. The van der Waals surface area contributed by atoms with E-state index in [0.29, 0.717) is 6.61 Å². The third-order valence-corrected chi connectivity index (χ3v) is 4.36. The van der Waals surface area contributed by atoms with Gasteiger partial charge in [0.1, 0.15) is 5.82 Å². The van der Waals surface area contributed by atoms with Gasteiger partial charge < -0.3 is 4.74 Å². The van der Waals surface area contributed by atoms with Crippen molar-refractivity contribution in [2.75, 3.05) is 13.7 Å². The third-order valence-electron chi connectivity index (χ3n) is 4.36. The van der Waals surface area contributed by atoms with Gasteiger partial charge in [0, 0.05) is 24.3 Å². The second-order valence-corrected chi connectivity index (χ2v) is 6.13. The van der Waals surface area contributed by atoms with E-state index in [9.17, 15) is 0 Å². The van der Waals surface area contributed by atoms with Gasteiger partial charge in [-0.25, -0.2) is 4.98 Å². The number of hydrogen-bond acceptors (Lipinski definition) is 2. The zero-order chi connectivity index (χ0) is 17.8. The maximum absolute atomic E-state index is 5.52. The molecule has 2 aromatic heterocycles. The van der Waals surface area contributed by atoms with Crippen LogP contribution in [0, 0.1) is 0 Å². The SMILES string of the molecule is COC/C(=C/c1ccccc1)c1cc2ccccc2n1-c1ccccn1. The van der Waals surface area contributed by atoms with Crippen LogP contribution >= 0.6 is 0 Å². The monoisotopic (exact) mass is 340 g/mol. The molecule has 0 aliphatic rings. The van der Waals surface area contributed by atoms with Crippen molar-refractivity contribution < 1.29 is 4.74 Å². The first kappa shape index (κ1) is 16.3. The molecule has 0 aliphatic heterocycles. The molecule has 0 spiro atoms. The second-order valence-electron chi connectivity index (χ2n) is 6.13. The van der Waals surface area contributed by atoms with Crippen LogP contribution in [0.1, 0.15) is 11.3 Å². The smallest absolute Gasteiger partial charge is 0.137 e. The van der Waals surface area contributed by atoms with Crippen molar-refractivity contribution in [3.63, 3.8) is 0 Å². The predicted molar refractivity (Wildman–Crippen MR) is 107 cm³/mol. The summed E-state index contributed by atoms with van der Waals surface area (Å²) < 4.78 is 7.71. The highest BCUT2D eigenvalue weighted by Gasteiger charge is 2.14. The molecule has 0 saturated carbocycles. The summed E-state index contributed by atoms with van der Waals surface area (Å²) >= 11 is 0. The van der Waals surface area contributed by atoms with Crippen molar-refractivity contribution in [1.29, 1.82) is 0 Å². The minimum atomic E-state index is 0.526. The molecule has 2 aromatic carbocycles. The van der Waals surface area contributed by atoms with Crippen molar-refractivity contribution in [3.05, 3.63) is 96.3 Å². The van der Waals surface area contributed by atoms with Crippen molar-refractivity contribution in [1.82, 2.24) is 9.55 Å². The van der Waals surface area contributed by atoms with E-state index in [-0.39, 0.29) is 0 Å². The molecule has 0 fully saturated rings. The van der Waals surface area contributed by atoms with E-state index < -0.39 is 0 Å². The summed E-state index contributed by atoms with van der Waals surface area (Å²) in [5.74, 6) is 0.902. The van der Waals surface area contributed by atoms with Crippen LogP contribution in [0.2, 0.25) is 0 Å². The molecule has 0 N–H and O–H groups in total. The Morgan fingerprint density at radius 2 is 1.73 bits per heavy atom. The first-order chi connectivity index (χ1) is 12.9. The van der Waals surface area contributed by atoms with Gasteiger partial charge >= 0.3 is 0 Å². The molecule has 0 amide bonds. The Balaban J connectivity index is 1.96. The van der Waals surface area contributed by atoms with Crippen LogP contribution in [0.25, 0.3) is 28.4 Å². The molecule has 0 unspecified atom stereocenters. The van der Waals surface area contributed by atoms with E-state index in [4.69, 9.17) is 4.74 Å². The molecule has 128 valence electrons. The fourth-order valence-electron chi connectivity index (χ4n) is 3.22. The number of benzene rings is 2. The number of hydrogen-bond donors (Lipinski definition) is 0. The number of pyridine rings is 1. The van der Waals surface area contributed by atoms with Gasteiger partial charge in [0.2, 0.25) is 0 Å². The maximum Gasteiger partial charge on any atom is 0.137 e. The topological polar surface area (TPSA) is 27.1 Å². The van der Waals surface area contributed by atoms with E-state index in [1.165, 1.54) is 5.39 Å². The van der Waals surface area contributed by atoms with Gasteiger partial charge in [-0.3, -0.25) is 4.57 Å². The lowest BCUT2D eigenvalue weighted by atomic mass is 10.1. The van der Waals surface area contributed by atoms with Gasteiger partial charge in [-0.15, -0.1) is 0 Å². The van der Waals surface area contributed by atoms with Crippen LogP contribution < -0.4 is 0 Å². The summed E-state index contributed by atoms with van der Waals surface area (Å²) in [5, 5.41) is 1.18. The van der Waals surface area contributed by atoms with E-state index >= 15 is 0 Å². The summed E-state index contributed by atoms with van der Waals surface area (Å²) in [4.78, 5) is 4.58. The molecular weight excluding hydrogens is 320 g/mol. The van der Waals surface area contributed by atoms with Crippen LogP contribution in [-0.4, -0.2) is 23.3 Å². The second kappa shape index (κ2) is 7.38.